The van der Waals surface area contributed by atoms with Gasteiger partial charge in [-0.3, -0.25) is 0 Å². The fourth-order valence-electron chi connectivity index (χ4n) is 3.47. The van der Waals surface area contributed by atoms with Crippen LogP contribution in [-0.2, 0) is 4.74 Å². The molecule has 2 aromatic heterocycles. The summed E-state index contributed by atoms with van der Waals surface area (Å²) in [5.74, 6) is -1.88. The summed E-state index contributed by atoms with van der Waals surface area (Å²) in [6, 6.07) is 2.76. The van der Waals surface area contributed by atoms with Crippen molar-refractivity contribution in [3.8, 4) is 22.9 Å². The predicted molar refractivity (Wildman–Crippen MR) is 108 cm³/mol. The lowest BCUT2D eigenvalue weighted by Crippen LogP contribution is -2.61. The van der Waals surface area contributed by atoms with Gasteiger partial charge in [0, 0.05) is 31.7 Å². The molecule has 0 aliphatic carbocycles. The van der Waals surface area contributed by atoms with Gasteiger partial charge in [-0.25, -0.2) is 23.7 Å². The zero-order valence-electron chi connectivity index (χ0n) is 16.8. The van der Waals surface area contributed by atoms with Crippen LogP contribution in [0.2, 0.25) is 5.15 Å². The molecule has 7 nitrogen and oxygen atoms in total. The fourth-order valence-corrected chi connectivity index (χ4v) is 3.62. The Bertz CT molecular complexity index is 1110. The molecule has 0 unspecified atom stereocenters. The lowest BCUT2D eigenvalue weighted by atomic mass is 9.96. The predicted octanol–water partition coefficient (Wildman–Crippen LogP) is 3.87. The second-order valence-electron chi connectivity index (χ2n) is 7.19. The number of rotatable bonds is 5. The van der Waals surface area contributed by atoms with Crippen molar-refractivity contribution >= 4 is 28.3 Å². The van der Waals surface area contributed by atoms with Crippen LogP contribution in [0.25, 0.3) is 22.3 Å². The number of pyridine rings is 1. The molecule has 4 rings (SSSR count). The number of methoxy groups -OCH3 is 3. The SMILES string of the molecule is COc1cc(OC)c(F)c(-c2nc(N3CC(C)(OC)C3)c3cc(Cl)ncc3n2)c1F. The molecule has 0 amide bonds. The Kier molecular flexibility index (Phi) is 5.11. The van der Waals surface area contributed by atoms with Crippen molar-refractivity contribution in [1.82, 2.24) is 15.0 Å². The number of anilines is 1. The first kappa shape index (κ1) is 20.5. The molecule has 30 heavy (non-hydrogen) atoms. The van der Waals surface area contributed by atoms with Gasteiger partial charge in [0.15, 0.2) is 29.0 Å². The second-order valence-corrected chi connectivity index (χ2v) is 7.58. The van der Waals surface area contributed by atoms with E-state index in [9.17, 15) is 0 Å². The van der Waals surface area contributed by atoms with E-state index < -0.39 is 17.2 Å². The Hall–Kier alpha value is -2.78. The van der Waals surface area contributed by atoms with Crippen LogP contribution >= 0.6 is 11.6 Å². The third-order valence-electron chi connectivity index (χ3n) is 5.17. The molecule has 0 N–H and O–H groups in total. The van der Waals surface area contributed by atoms with Crippen LogP contribution < -0.4 is 14.4 Å². The van der Waals surface area contributed by atoms with Crippen molar-refractivity contribution in [2.24, 2.45) is 0 Å². The highest BCUT2D eigenvalue weighted by Crippen LogP contribution is 2.39. The van der Waals surface area contributed by atoms with Crippen LogP contribution in [0.3, 0.4) is 0 Å². The fraction of sp³-hybridized carbons (Fsp3) is 0.350. The van der Waals surface area contributed by atoms with Gasteiger partial charge < -0.3 is 19.1 Å². The highest BCUT2D eigenvalue weighted by Gasteiger charge is 2.40. The molecule has 0 saturated carbocycles. The molecule has 0 atom stereocenters. The Morgan fingerprint density at radius 2 is 1.67 bits per heavy atom. The zero-order valence-corrected chi connectivity index (χ0v) is 17.5. The zero-order chi connectivity index (χ0) is 21.6. The molecule has 1 aromatic carbocycles. The van der Waals surface area contributed by atoms with Gasteiger partial charge in [0.2, 0.25) is 0 Å². The maximum Gasteiger partial charge on any atom is 0.179 e. The largest absolute Gasteiger partial charge is 0.494 e. The summed E-state index contributed by atoms with van der Waals surface area (Å²) < 4.78 is 45.6. The molecule has 0 spiro atoms. The highest BCUT2D eigenvalue weighted by molar-refractivity contribution is 6.30. The maximum absolute atomic E-state index is 15.0. The Labute approximate surface area is 176 Å². The molecule has 0 radical (unpaired) electrons. The molecule has 1 aliphatic heterocycles. The van der Waals surface area contributed by atoms with E-state index in [-0.39, 0.29) is 28.1 Å². The van der Waals surface area contributed by atoms with Crippen molar-refractivity contribution in [1.29, 1.82) is 0 Å². The molecule has 1 saturated heterocycles. The molecule has 10 heteroatoms. The third-order valence-corrected chi connectivity index (χ3v) is 5.38. The summed E-state index contributed by atoms with van der Waals surface area (Å²) in [4.78, 5) is 14.8. The highest BCUT2D eigenvalue weighted by atomic mass is 35.5. The minimum Gasteiger partial charge on any atom is -0.494 e. The van der Waals surface area contributed by atoms with Gasteiger partial charge in [0.25, 0.3) is 0 Å². The van der Waals surface area contributed by atoms with E-state index in [1.54, 1.807) is 13.2 Å². The standard InChI is InChI=1S/C20H19ClF2N4O3/c1-20(30-4)8-27(9-20)19-10-5-14(21)24-7-11(10)25-18(26-19)15-16(22)12(28-2)6-13(29-3)17(15)23/h5-7H,8-9H2,1-4H3. The van der Waals surface area contributed by atoms with Crippen LogP contribution in [0, 0.1) is 11.6 Å². The van der Waals surface area contributed by atoms with Crippen molar-refractivity contribution in [2.45, 2.75) is 12.5 Å². The molecule has 158 valence electrons. The molecule has 1 aliphatic rings. The van der Waals surface area contributed by atoms with Crippen LogP contribution in [0.1, 0.15) is 6.92 Å². The number of aromatic nitrogens is 3. The molecular weight excluding hydrogens is 418 g/mol. The lowest BCUT2D eigenvalue weighted by molar-refractivity contribution is -0.0170. The molecular formula is C20H19ClF2N4O3. The van der Waals surface area contributed by atoms with Crippen LogP contribution in [0.15, 0.2) is 18.3 Å². The summed E-state index contributed by atoms with van der Waals surface area (Å²) in [5, 5.41) is 0.878. The molecule has 1 fully saturated rings. The average molecular weight is 437 g/mol. The van der Waals surface area contributed by atoms with E-state index in [4.69, 9.17) is 25.8 Å². The van der Waals surface area contributed by atoms with E-state index in [1.165, 1.54) is 20.4 Å². The van der Waals surface area contributed by atoms with Crippen LogP contribution in [0.4, 0.5) is 14.6 Å². The summed E-state index contributed by atoms with van der Waals surface area (Å²) in [7, 11) is 4.20. The van der Waals surface area contributed by atoms with Gasteiger partial charge in [0.1, 0.15) is 11.0 Å². The van der Waals surface area contributed by atoms with E-state index in [0.717, 1.165) is 6.07 Å². The van der Waals surface area contributed by atoms with Gasteiger partial charge >= 0.3 is 0 Å². The minimum atomic E-state index is -0.923. The number of fused-ring (bicyclic) bond motifs is 1. The van der Waals surface area contributed by atoms with Crippen molar-refractivity contribution in [3.05, 3.63) is 35.1 Å². The maximum atomic E-state index is 15.0. The second kappa shape index (κ2) is 7.48. The van der Waals surface area contributed by atoms with Crippen LogP contribution in [0.5, 0.6) is 11.5 Å². The van der Waals surface area contributed by atoms with E-state index in [0.29, 0.717) is 29.8 Å². The smallest absolute Gasteiger partial charge is 0.179 e. The quantitative estimate of drug-likeness (QED) is 0.562. The number of hydrogen-bond acceptors (Lipinski definition) is 7. The first-order chi connectivity index (χ1) is 14.3. The van der Waals surface area contributed by atoms with Crippen molar-refractivity contribution in [2.75, 3.05) is 39.3 Å². The summed E-state index contributed by atoms with van der Waals surface area (Å²) in [6.45, 7) is 3.05. The van der Waals surface area contributed by atoms with E-state index in [2.05, 4.69) is 15.0 Å². The summed E-state index contributed by atoms with van der Waals surface area (Å²) in [6.07, 6.45) is 1.44. The van der Waals surface area contributed by atoms with Crippen LogP contribution in [-0.4, -0.2) is 55.0 Å². The Morgan fingerprint density at radius 1 is 1.03 bits per heavy atom. The summed E-state index contributed by atoms with van der Waals surface area (Å²) >= 11 is 6.06. The third kappa shape index (κ3) is 3.27. The summed E-state index contributed by atoms with van der Waals surface area (Å²) in [5.41, 5.74) is -0.394. The first-order valence-electron chi connectivity index (χ1n) is 9.04. The molecule has 3 heterocycles. The van der Waals surface area contributed by atoms with Crippen molar-refractivity contribution < 1.29 is 23.0 Å². The Balaban J connectivity index is 1.95. The normalized spacial score (nSPS) is 15.2. The lowest BCUT2D eigenvalue weighted by Gasteiger charge is -2.47. The minimum absolute atomic E-state index is 0.153. The van der Waals surface area contributed by atoms with Crippen molar-refractivity contribution in [3.63, 3.8) is 0 Å². The number of halogens is 3. The van der Waals surface area contributed by atoms with Gasteiger partial charge in [-0.1, -0.05) is 11.6 Å². The Morgan fingerprint density at radius 3 is 2.23 bits per heavy atom. The monoisotopic (exact) mass is 436 g/mol. The number of benzene rings is 1. The molecule has 3 aromatic rings. The molecule has 0 bridgehead atoms. The van der Waals surface area contributed by atoms with Gasteiger partial charge in [-0.15, -0.1) is 0 Å². The number of ether oxygens (including phenoxy) is 3. The van der Waals surface area contributed by atoms with Gasteiger partial charge in [-0.05, 0) is 13.0 Å². The van der Waals surface area contributed by atoms with Gasteiger partial charge in [0.05, 0.1) is 37.1 Å². The number of hydrogen-bond donors (Lipinski definition) is 0. The first-order valence-corrected chi connectivity index (χ1v) is 9.41. The topological polar surface area (TPSA) is 69.6 Å². The van der Waals surface area contributed by atoms with E-state index in [1.807, 2.05) is 11.8 Å². The number of nitrogens with zero attached hydrogens (tertiary/aromatic N) is 4. The van der Waals surface area contributed by atoms with Gasteiger partial charge in [-0.2, -0.15) is 0 Å². The average Bonchev–Trinajstić information content (AvgIpc) is 2.71. The van der Waals surface area contributed by atoms with E-state index >= 15 is 8.78 Å².